The van der Waals surface area contributed by atoms with Crippen molar-refractivity contribution in [3.63, 3.8) is 0 Å². The van der Waals surface area contributed by atoms with Crippen molar-refractivity contribution >= 4 is 0 Å². The summed E-state index contributed by atoms with van der Waals surface area (Å²) in [4.78, 5) is 0. The number of nitrogens with one attached hydrogen (secondary N) is 2. The molecule has 1 aliphatic rings. The average molecular weight is 201 g/mol. The van der Waals surface area contributed by atoms with Crippen molar-refractivity contribution < 1.29 is 0 Å². The van der Waals surface area contributed by atoms with Crippen molar-refractivity contribution in [2.24, 2.45) is 0 Å². The van der Waals surface area contributed by atoms with E-state index in [9.17, 15) is 0 Å². The molecule has 0 radical (unpaired) electrons. The van der Waals surface area contributed by atoms with Crippen molar-refractivity contribution in [2.75, 3.05) is 6.54 Å². The number of hydrogen-bond donors (Lipinski definition) is 2. The first-order valence-electron chi connectivity index (χ1n) is 5.00. The predicted octanol–water partition coefficient (Wildman–Crippen LogP) is 0.512. The maximum Gasteiger partial charge on any atom is 0.204 e. The maximum atomic E-state index is 3.97. The number of H-pyrrole nitrogens is 1. The number of tetrazole rings is 1. The lowest BCUT2D eigenvalue weighted by molar-refractivity contribution is 0.644. The Morgan fingerprint density at radius 3 is 3.07 bits per heavy atom. The minimum Gasteiger partial charge on any atom is -0.312 e. The highest BCUT2D eigenvalue weighted by Crippen LogP contribution is 2.20. The smallest absolute Gasteiger partial charge is 0.204 e. The van der Waals surface area contributed by atoms with E-state index in [4.69, 9.17) is 0 Å². The molecule has 0 atom stereocenters. The van der Waals surface area contributed by atoms with E-state index in [1.165, 1.54) is 11.1 Å². The second-order valence-electron chi connectivity index (χ2n) is 3.65. The highest BCUT2D eigenvalue weighted by Gasteiger charge is 2.10. The molecule has 2 aromatic rings. The van der Waals surface area contributed by atoms with Crippen LogP contribution in [0.4, 0.5) is 0 Å². The fourth-order valence-electron chi connectivity index (χ4n) is 1.90. The molecule has 0 saturated heterocycles. The zero-order valence-electron chi connectivity index (χ0n) is 8.20. The first kappa shape index (κ1) is 8.55. The van der Waals surface area contributed by atoms with Gasteiger partial charge in [-0.2, -0.15) is 5.21 Å². The molecule has 0 fully saturated rings. The summed E-state index contributed by atoms with van der Waals surface area (Å²) < 4.78 is 0. The molecule has 0 unspecified atom stereocenters. The topological polar surface area (TPSA) is 66.5 Å². The Balaban J connectivity index is 2.04. The fourth-order valence-corrected chi connectivity index (χ4v) is 1.90. The van der Waals surface area contributed by atoms with Crippen LogP contribution in [0.5, 0.6) is 0 Å². The Labute approximate surface area is 86.9 Å². The van der Waals surface area contributed by atoms with Crippen molar-refractivity contribution in [3.8, 4) is 11.4 Å². The van der Waals surface area contributed by atoms with E-state index in [1.54, 1.807) is 0 Å². The van der Waals surface area contributed by atoms with Crippen LogP contribution in [-0.2, 0) is 13.0 Å². The van der Waals surface area contributed by atoms with Crippen LogP contribution in [0.1, 0.15) is 11.1 Å². The molecule has 15 heavy (non-hydrogen) atoms. The second kappa shape index (κ2) is 3.43. The van der Waals surface area contributed by atoms with Gasteiger partial charge in [-0.3, -0.25) is 0 Å². The molecular weight excluding hydrogens is 190 g/mol. The lowest BCUT2D eigenvalue weighted by atomic mass is 9.98. The molecule has 0 saturated carbocycles. The van der Waals surface area contributed by atoms with E-state index < -0.39 is 0 Å². The quantitative estimate of drug-likeness (QED) is 0.705. The van der Waals surface area contributed by atoms with Crippen LogP contribution in [0.25, 0.3) is 11.4 Å². The summed E-state index contributed by atoms with van der Waals surface area (Å²) in [5.74, 6) is 0.663. The third kappa shape index (κ3) is 1.50. The van der Waals surface area contributed by atoms with E-state index >= 15 is 0 Å². The number of aromatic nitrogens is 4. The van der Waals surface area contributed by atoms with Crippen molar-refractivity contribution in [3.05, 3.63) is 29.3 Å². The molecule has 5 nitrogen and oxygen atoms in total. The summed E-state index contributed by atoms with van der Waals surface area (Å²) in [5.41, 5.74) is 3.79. The molecule has 0 amide bonds. The Kier molecular flexibility index (Phi) is 1.96. The van der Waals surface area contributed by atoms with Gasteiger partial charge < -0.3 is 5.32 Å². The van der Waals surface area contributed by atoms with E-state index in [2.05, 4.69) is 38.1 Å². The Bertz CT molecular complexity index is 463. The zero-order chi connectivity index (χ0) is 10.1. The third-order valence-electron chi connectivity index (χ3n) is 2.70. The van der Waals surface area contributed by atoms with Gasteiger partial charge in [0.05, 0.1) is 0 Å². The number of rotatable bonds is 1. The molecule has 3 rings (SSSR count). The molecule has 1 aromatic carbocycles. The van der Waals surface area contributed by atoms with E-state index in [0.717, 1.165) is 25.1 Å². The van der Waals surface area contributed by atoms with Crippen LogP contribution in [0.3, 0.4) is 0 Å². The predicted molar refractivity (Wildman–Crippen MR) is 55.0 cm³/mol. The first-order valence-corrected chi connectivity index (χ1v) is 5.00. The number of fused-ring (bicyclic) bond motifs is 1. The van der Waals surface area contributed by atoms with Crippen molar-refractivity contribution in [2.45, 2.75) is 13.0 Å². The summed E-state index contributed by atoms with van der Waals surface area (Å²) in [6, 6.07) is 6.32. The zero-order valence-corrected chi connectivity index (χ0v) is 8.20. The van der Waals surface area contributed by atoms with Crippen LogP contribution in [0.15, 0.2) is 18.2 Å². The molecule has 0 bridgehead atoms. The minimum atomic E-state index is 0.663. The molecular formula is C10H11N5. The van der Waals surface area contributed by atoms with E-state index in [1.807, 2.05) is 6.07 Å². The normalized spacial score (nSPS) is 14.9. The van der Waals surface area contributed by atoms with Gasteiger partial charge in [0, 0.05) is 12.1 Å². The number of nitrogens with zero attached hydrogens (tertiary/aromatic N) is 3. The lowest BCUT2D eigenvalue weighted by Gasteiger charge is -2.17. The van der Waals surface area contributed by atoms with Crippen LogP contribution in [0, 0.1) is 0 Å². The van der Waals surface area contributed by atoms with Gasteiger partial charge in [-0.1, -0.05) is 12.1 Å². The summed E-state index contributed by atoms with van der Waals surface area (Å²) in [6.45, 7) is 2.00. The Morgan fingerprint density at radius 1 is 1.20 bits per heavy atom. The second-order valence-corrected chi connectivity index (χ2v) is 3.65. The van der Waals surface area contributed by atoms with E-state index in [0.29, 0.717) is 5.82 Å². The van der Waals surface area contributed by atoms with Gasteiger partial charge in [0.1, 0.15) is 0 Å². The van der Waals surface area contributed by atoms with Crippen molar-refractivity contribution in [1.82, 2.24) is 25.9 Å². The first-order chi connectivity index (χ1) is 7.43. The molecule has 2 N–H and O–H groups in total. The average Bonchev–Trinajstić information content (AvgIpc) is 2.82. The SMILES string of the molecule is c1cc2c(cc1-c1nn[nH]n1)CCNC2. The molecule has 5 heteroatoms. The number of hydrogen-bond acceptors (Lipinski definition) is 4. The van der Waals surface area contributed by atoms with Crippen LogP contribution >= 0.6 is 0 Å². The van der Waals surface area contributed by atoms with Gasteiger partial charge in [-0.15, -0.1) is 10.2 Å². The summed E-state index contributed by atoms with van der Waals surface area (Å²) in [6.07, 6.45) is 1.07. The van der Waals surface area contributed by atoms with Crippen LogP contribution in [0.2, 0.25) is 0 Å². The van der Waals surface area contributed by atoms with E-state index in [-0.39, 0.29) is 0 Å². The van der Waals surface area contributed by atoms with Gasteiger partial charge in [0.25, 0.3) is 0 Å². The summed E-state index contributed by atoms with van der Waals surface area (Å²) in [5, 5.41) is 17.3. The number of aromatic amines is 1. The Morgan fingerprint density at radius 2 is 2.20 bits per heavy atom. The highest BCUT2D eigenvalue weighted by atomic mass is 15.5. The molecule has 2 heterocycles. The largest absolute Gasteiger partial charge is 0.312 e. The summed E-state index contributed by atoms with van der Waals surface area (Å²) >= 11 is 0. The third-order valence-corrected chi connectivity index (χ3v) is 2.70. The molecule has 76 valence electrons. The van der Waals surface area contributed by atoms with Gasteiger partial charge in [0.15, 0.2) is 0 Å². The molecule has 1 aliphatic heterocycles. The molecule has 1 aromatic heterocycles. The highest BCUT2D eigenvalue weighted by molar-refractivity contribution is 5.56. The number of benzene rings is 1. The van der Waals surface area contributed by atoms with Gasteiger partial charge in [0.2, 0.25) is 5.82 Å². The Hall–Kier alpha value is -1.75. The summed E-state index contributed by atoms with van der Waals surface area (Å²) in [7, 11) is 0. The van der Waals surface area contributed by atoms with Gasteiger partial charge in [-0.05, 0) is 35.4 Å². The van der Waals surface area contributed by atoms with Crippen LogP contribution in [-0.4, -0.2) is 27.2 Å². The van der Waals surface area contributed by atoms with Crippen molar-refractivity contribution in [1.29, 1.82) is 0 Å². The lowest BCUT2D eigenvalue weighted by Crippen LogP contribution is -2.23. The van der Waals surface area contributed by atoms with Gasteiger partial charge >= 0.3 is 0 Å². The van der Waals surface area contributed by atoms with Gasteiger partial charge in [-0.25, -0.2) is 0 Å². The van der Waals surface area contributed by atoms with Crippen LogP contribution < -0.4 is 5.32 Å². The maximum absolute atomic E-state index is 3.97. The molecule has 0 spiro atoms. The monoisotopic (exact) mass is 201 g/mol. The minimum absolute atomic E-state index is 0.663. The molecule has 0 aliphatic carbocycles. The standard InChI is InChI=1S/C10H11N5/c1-2-9-6-11-4-3-7(9)5-8(1)10-12-14-15-13-10/h1-2,5,11H,3-4,6H2,(H,12,13,14,15). The fraction of sp³-hybridized carbons (Fsp3) is 0.300.